The van der Waals surface area contributed by atoms with E-state index in [2.05, 4.69) is 19.9 Å². The van der Waals surface area contributed by atoms with Gasteiger partial charge < -0.3 is 19.3 Å². The van der Waals surface area contributed by atoms with Crippen LogP contribution in [0.2, 0.25) is 0 Å². The lowest BCUT2D eigenvalue weighted by atomic mass is 9.46. The summed E-state index contributed by atoms with van der Waals surface area (Å²) in [5.74, 6) is -0.629. The van der Waals surface area contributed by atoms with Gasteiger partial charge in [-0.15, -0.1) is 0 Å². The molecule has 2 heterocycles. The number of carbonyl (C=O) groups excluding carboxylic acids is 2. The van der Waals surface area contributed by atoms with Crippen LogP contribution in [0.1, 0.15) is 53.4 Å². The van der Waals surface area contributed by atoms with Gasteiger partial charge in [-0.3, -0.25) is 9.59 Å². The summed E-state index contributed by atoms with van der Waals surface area (Å²) in [6.07, 6.45) is 8.40. The Bertz CT molecular complexity index is 934. The average molecular weight is 414 g/mol. The third kappa shape index (κ3) is 1.88. The van der Waals surface area contributed by atoms with Crippen LogP contribution in [0.3, 0.4) is 0 Å². The number of aliphatic hydroxyl groups excluding tert-OH is 1. The van der Waals surface area contributed by atoms with Crippen molar-refractivity contribution in [2.24, 2.45) is 22.7 Å². The summed E-state index contributed by atoms with van der Waals surface area (Å²) < 4.78 is 19.2. The van der Waals surface area contributed by atoms with E-state index in [1.165, 1.54) is 5.57 Å². The molecule has 6 rings (SSSR count). The maximum atomic E-state index is 13.2. The second-order valence-corrected chi connectivity index (χ2v) is 11.0. The summed E-state index contributed by atoms with van der Waals surface area (Å²) in [5.41, 5.74) is -1.04. The van der Waals surface area contributed by atoms with Crippen LogP contribution in [-0.4, -0.2) is 52.5 Å². The van der Waals surface area contributed by atoms with Crippen LogP contribution in [-0.2, 0) is 23.8 Å². The molecule has 6 nitrogen and oxygen atoms in total. The van der Waals surface area contributed by atoms with Gasteiger partial charge in [-0.2, -0.15) is 0 Å². The molecule has 0 radical (unpaired) electrons. The van der Waals surface area contributed by atoms with E-state index in [1.54, 1.807) is 12.2 Å². The predicted molar refractivity (Wildman–Crippen MR) is 106 cm³/mol. The number of Topliss-reactive ketones (excluding diaryl/α,β-unsaturated/α-hetero) is 1. The van der Waals surface area contributed by atoms with Crippen molar-refractivity contribution in [2.45, 2.75) is 82.6 Å². The van der Waals surface area contributed by atoms with Gasteiger partial charge in [0.2, 0.25) is 0 Å². The van der Waals surface area contributed by atoms with Crippen molar-refractivity contribution in [3.8, 4) is 0 Å². The van der Waals surface area contributed by atoms with Gasteiger partial charge in [0.05, 0.1) is 12.2 Å². The van der Waals surface area contributed by atoms with Crippen molar-refractivity contribution in [1.82, 2.24) is 0 Å². The summed E-state index contributed by atoms with van der Waals surface area (Å²) in [7, 11) is 0. The van der Waals surface area contributed by atoms with Crippen LogP contribution in [0, 0.1) is 22.7 Å². The molecule has 3 saturated carbocycles. The zero-order chi connectivity index (χ0) is 21.3. The molecule has 6 aliphatic rings. The van der Waals surface area contributed by atoms with Crippen molar-refractivity contribution in [3.05, 3.63) is 23.8 Å². The molecule has 0 bridgehead atoms. The topological polar surface area (TPSA) is 85.4 Å². The van der Waals surface area contributed by atoms with E-state index in [0.29, 0.717) is 6.42 Å². The first-order chi connectivity index (χ1) is 14.0. The van der Waals surface area contributed by atoms with Gasteiger partial charge >= 0.3 is 0 Å². The molecule has 1 N–H and O–H groups in total. The average Bonchev–Trinajstić information content (AvgIpc) is 3.25. The van der Waals surface area contributed by atoms with Crippen LogP contribution < -0.4 is 0 Å². The third-order valence-corrected chi connectivity index (χ3v) is 9.48. The molecule has 8 atom stereocenters. The number of rotatable bonds is 2. The first-order valence-electron chi connectivity index (χ1n) is 11.2. The minimum absolute atomic E-state index is 0.00438. The largest absolute Gasteiger partial charge is 0.388 e. The molecule has 4 aliphatic carbocycles. The van der Waals surface area contributed by atoms with E-state index in [9.17, 15) is 14.7 Å². The number of fused-ring (bicyclic) bond motifs is 5. The van der Waals surface area contributed by atoms with E-state index in [4.69, 9.17) is 14.2 Å². The van der Waals surface area contributed by atoms with Gasteiger partial charge in [-0.25, -0.2) is 0 Å². The fourth-order valence-electron chi connectivity index (χ4n) is 8.36. The molecule has 5 fully saturated rings. The SMILES string of the molecule is CC1(C)O[C@@H]2CC3C4CCC5=CC(=O)C=C[C@]5(C)[C@@]45O[C@H]5C[C@@]3(C)[C@@]2(C(=O)CO)O1. The minimum Gasteiger partial charge on any atom is -0.388 e. The molecule has 0 aromatic rings. The molecular weight excluding hydrogens is 384 g/mol. The smallest absolute Gasteiger partial charge is 0.193 e. The minimum atomic E-state index is -1.14. The Morgan fingerprint density at radius 3 is 2.67 bits per heavy atom. The highest BCUT2D eigenvalue weighted by Gasteiger charge is 2.84. The number of hydrogen-bond acceptors (Lipinski definition) is 6. The van der Waals surface area contributed by atoms with Crippen LogP contribution in [0.5, 0.6) is 0 Å². The van der Waals surface area contributed by atoms with Crippen LogP contribution in [0.4, 0.5) is 0 Å². The lowest BCUT2D eigenvalue weighted by Gasteiger charge is -2.56. The number of hydrogen-bond donors (Lipinski definition) is 1. The van der Waals surface area contributed by atoms with Crippen LogP contribution in [0.25, 0.3) is 0 Å². The quantitative estimate of drug-likeness (QED) is 0.699. The van der Waals surface area contributed by atoms with Crippen molar-refractivity contribution in [3.63, 3.8) is 0 Å². The maximum Gasteiger partial charge on any atom is 0.193 e. The summed E-state index contributed by atoms with van der Waals surface area (Å²) in [4.78, 5) is 25.2. The summed E-state index contributed by atoms with van der Waals surface area (Å²) >= 11 is 0. The summed E-state index contributed by atoms with van der Waals surface area (Å²) in [6, 6.07) is 0. The van der Waals surface area contributed by atoms with E-state index in [0.717, 1.165) is 19.3 Å². The Hall–Kier alpha value is -1.34. The molecule has 2 unspecified atom stereocenters. The summed E-state index contributed by atoms with van der Waals surface area (Å²) in [6.45, 7) is 7.50. The van der Waals surface area contributed by atoms with Crippen molar-refractivity contribution >= 4 is 11.6 Å². The highest BCUT2D eigenvalue weighted by Crippen LogP contribution is 2.77. The molecule has 0 amide bonds. The maximum absolute atomic E-state index is 13.2. The Kier molecular flexibility index (Phi) is 3.45. The number of ether oxygens (including phenoxy) is 3. The molecule has 30 heavy (non-hydrogen) atoms. The first kappa shape index (κ1) is 19.4. The standard InChI is InChI=1S/C24H30O6/c1-20(2)28-18-10-16-15-6-5-13-9-14(26)7-8-21(13,3)23(15)19(29-23)11-22(16,4)24(18,30-20)17(27)12-25/h7-9,15-16,18-19,25H,5-6,10-12H2,1-4H3/t15?,16?,18-,19+,21+,22-,23-,24+/m1/s1. The third-order valence-electron chi connectivity index (χ3n) is 9.48. The molecule has 1 spiro atoms. The second-order valence-electron chi connectivity index (χ2n) is 11.0. The van der Waals surface area contributed by atoms with Gasteiger partial charge in [0, 0.05) is 10.8 Å². The lowest BCUT2D eigenvalue weighted by molar-refractivity contribution is -0.211. The van der Waals surface area contributed by atoms with Crippen LogP contribution in [0.15, 0.2) is 23.8 Å². The fraction of sp³-hybridized carbons (Fsp3) is 0.750. The number of allylic oxidation sites excluding steroid dienone is 2. The highest BCUT2D eigenvalue weighted by atomic mass is 16.8. The number of carbonyl (C=O) groups is 2. The van der Waals surface area contributed by atoms with Gasteiger partial charge in [0.15, 0.2) is 23.0 Å². The van der Waals surface area contributed by atoms with Gasteiger partial charge in [0.25, 0.3) is 0 Å². The monoisotopic (exact) mass is 414 g/mol. The van der Waals surface area contributed by atoms with E-state index in [-0.39, 0.29) is 46.6 Å². The molecule has 2 saturated heterocycles. The molecule has 0 aromatic carbocycles. The number of ketones is 2. The highest BCUT2D eigenvalue weighted by molar-refractivity contribution is 6.01. The summed E-state index contributed by atoms with van der Waals surface area (Å²) in [5, 5.41) is 9.87. The fourth-order valence-corrected chi connectivity index (χ4v) is 8.36. The molecule has 0 aromatic heterocycles. The predicted octanol–water partition coefficient (Wildman–Crippen LogP) is 2.49. The molecule has 6 heteroatoms. The Labute approximate surface area is 176 Å². The first-order valence-corrected chi connectivity index (χ1v) is 11.2. The van der Waals surface area contributed by atoms with E-state index >= 15 is 0 Å². The van der Waals surface area contributed by atoms with Gasteiger partial charge in [-0.1, -0.05) is 18.6 Å². The van der Waals surface area contributed by atoms with E-state index in [1.807, 2.05) is 13.8 Å². The van der Waals surface area contributed by atoms with Crippen molar-refractivity contribution in [1.29, 1.82) is 0 Å². The molecule has 162 valence electrons. The lowest BCUT2D eigenvalue weighted by Crippen LogP contribution is -2.63. The molecule has 2 aliphatic heterocycles. The Morgan fingerprint density at radius 1 is 1.17 bits per heavy atom. The molecular formula is C24H30O6. The number of aliphatic hydroxyl groups is 1. The normalized spacial score (nSPS) is 54.4. The van der Waals surface area contributed by atoms with E-state index < -0.39 is 23.4 Å². The van der Waals surface area contributed by atoms with Crippen molar-refractivity contribution < 1.29 is 28.9 Å². The zero-order valence-electron chi connectivity index (χ0n) is 18.1. The second kappa shape index (κ2) is 5.34. The zero-order valence-corrected chi connectivity index (χ0v) is 18.1. The van der Waals surface area contributed by atoms with Gasteiger partial charge in [0.1, 0.15) is 12.2 Å². The Morgan fingerprint density at radius 2 is 1.93 bits per heavy atom. The van der Waals surface area contributed by atoms with Crippen LogP contribution >= 0.6 is 0 Å². The van der Waals surface area contributed by atoms with Gasteiger partial charge in [-0.05, 0) is 70.4 Å². The number of epoxide rings is 1. The van der Waals surface area contributed by atoms with Crippen molar-refractivity contribution in [2.75, 3.05) is 6.61 Å². The Balaban J connectivity index is 1.46.